The van der Waals surface area contributed by atoms with Crippen LogP contribution in [0.1, 0.15) is 39.5 Å². The second-order valence-corrected chi connectivity index (χ2v) is 2.42. The van der Waals surface area contributed by atoms with E-state index in [0.29, 0.717) is 5.92 Å². The number of rotatable bonds is 4. The molecule has 4 N–H and O–H groups in total. The van der Waals surface area contributed by atoms with Crippen LogP contribution < -0.4 is 0 Å². The average molecular weight is 197 g/mol. The molecule has 0 aliphatic heterocycles. The van der Waals surface area contributed by atoms with Crippen molar-refractivity contribution in [3.63, 3.8) is 0 Å². The maximum Gasteiger partial charge on any atom is 0 e. The Morgan fingerprint density at radius 1 is 1.18 bits per heavy atom. The van der Waals surface area contributed by atoms with E-state index < -0.39 is 0 Å². The molecule has 0 saturated carbocycles. The van der Waals surface area contributed by atoms with E-state index in [1.165, 1.54) is 25.7 Å². The Labute approximate surface area is 85.3 Å². The molecular formula is C8H21O2Ti-. The van der Waals surface area contributed by atoms with Gasteiger partial charge in [0.2, 0.25) is 0 Å². The summed E-state index contributed by atoms with van der Waals surface area (Å²) in [6.45, 7) is 8.42. The fourth-order valence-electron chi connectivity index (χ4n) is 0.697. The summed E-state index contributed by atoms with van der Waals surface area (Å²) in [6, 6.07) is 0. The zero-order valence-corrected chi connectivity index (χ0v) is 9.17. The molecule has 0 spiro atoms. The molecule has 0 aromatic carbocycles. The number of unbranched alkanes of at least 4 members (excludes halogenated alkanes) is 1. The van der Waals surface area contributed by atoms with Gasteiger partial charge in [0, 0.05) is 21.7 Å². The molecule has 0 bridgehead atoms. The van der Waals surface area contributed by atoms with E-state index in [-0.39, 0.29) is 32.7 Å². The van der Waals surface area contributed by atoms with E-state index in [9.17, 15) is 0 Å². The van der Waals surface area contributed by atoms with Crippen LogP contribution in [0, 0.1) is 12.8 Å². The molecule has 0 heterocycles. The van der Waals surface area contributed by atoms with Gasteiger partial charge in [-0.1, -0.05) is 39.5 Å². The normalized spacial score (nSPS) is 10.1. The van der Waals surface area contributed by atoms with Crippen molar-refractivity contribution < 1.29 is 32.7 Å². The van der Waals surface area contributed by atoms with Crippen LogP contribution >= 0.6 is 0 Å². The van der Waals surface area contributed by atoms with Crippen molar-refractivity contribution in [1.29, 1.82) is 0 Å². The van der Waals surface area contributed by atoms with Gasteiger partial charge in [0.25, 0.3) is 0 Å². The van der Waals surface area contributed by atoms with Crippen LogP contribution in [-0.2, 0) is 21.7 Å². The van der Waals surface area contributed by atoms with Gasteiger partial charge in [-0.15, -0.1) is 0 Å². The zero-order valence-electron chi connectivity index (χ0n) is 7.61. The van der Waals surface area contributed by atoms with Crippen LogP contribution in [0.5, 0.6) is 0 Å². The monoisotopic (exact) mass is 197 g/mol. The molecule has 0 fully saturated rings. The summed E-state index contributed by atoms with van der Waals surface area (Å²) in [6.07, 6.45) is 5.21. The van der Waals surface area contributed by atoms with Crippen molar-refractivity contribution >= 4 is 0 Å². The summed E-state index contributed by atoms with van der Waals surface area (Å²) in [5.74, 6) is 0.704. The van der Waals surface area contributed by atoms with Crippen molar-refractivity contribution in [3.05, 3.63) is 6.92 Å². The molecule has 11 heavy (non-hydrogen) atoms. The smallest absolute Gasteiger partial charge is 0 e. The van der Waals surface area contributed by atoms with Gasteiger partial charge in [-0.25, -0.2) is 0 Å². The van der Waals surface area contributed by atoms with Crippen molar-refractivity contribution in [1.82, 2.24) is 0 Å². The van der Waals surface area contributed by atoms with Crippen LogP contribution in [0.4, 0.5) is 0 Å². The molecule has 1 unspecified atom stereocenters. The first-order chi connectivity index (χ1) is 3.81. The Kier molecular flexibility index (Phi) is 34.8. The molecule has 70 valence electrons. The molecule has 1 atom stereocenters. The average Bonchev–Trinajstić information content (AvgIpc) is 1.83. The van der Waals surface area contributed by atoms with E-state index in [1.54, 1.807) is 0 Å². The van der Waals surface area contributed by atoms with Crippen molar-refractivity contribution in [2.75, 3.05) is 0 Å². The Balaban J connectivity index is -0.0000000817. The third kappa shape index (κ3) is 18.0. The summed E-state index contributed by atoms with van der Waals surface area (Å²) >= 11 is 0. The van der Waals surface area contributed by atoms with E-state index in [2.05, 4.69) is 20.8 Å². The quantitative estimate of drug-likeness (QED) is 0.482. The van der Waals surface area contributed by atoms with E-state index >= 15 is 0 Å². The first-order valence-electron chi connectivity index (χ1n) is 3.64. The molecule has 0 aliphatic carbocycles. The topological polar surface area (TPSA) is 63.0 Å². The summed E-state index contributed by atoms with van der Waals surface area (Å²) in [5, 5.41) is 0. The Morgan fingerprint density at radius 2 is 1.64 bits per heavy atom. The molecule has 2 nitrogen and oxygen atoms in total. The van der Waals surface area contributed by atoms with E-state index in [1.807, 2.05) is 0 Å². The first-order valence-corrected chi connectivity index (χ1v) is 3.64. The third-order valence-corrected chi connectivity index (χ3v) is 1.54. The molecule has 0 radical (unpaired) electrons. The summed E-state index contributed by atoms with van der Waals surface area (Å²) in [5.41, 5.74) is 0. The van der Waals surface area contributed by atoms with Crippen molar-refractivity contribution in [2.24, 2.45) is 5.92 Å². The van der Waals surface area contributed by atoms with Gasteiger partial charge in [0.1, 0.15) is 0 Å². The minimum absolute atomic E-state index is 0. The molecular weight excluding hydrogens is 176 g/mol. The molecule has 0 saturated heterocycles. The number of hydrogen-bond donors (Lipinski definition) is 0. The van der Waals surface area contributed by atoms with Gasteiger partial charge in [0.15, 0.2) is 0 Å². The molecule has 0 amide bonds. The number of hydrogen-bond acceptors (Lipinski definition) is 0. The third-order valence-electron chi connectivity index (χ3n) is 1.54. The van der Waals surface area contributed by atoms with Crippen LogP contribution in [0.3, 0.4) is 0 Å². The van der Waals surface area contributed by atoms with Gasteiger partial charge in [-0.3, -0.25) is 0 Å². The first kappa shape index (κ1) is 22.6. The van der Waals surface area contributed by atoms with Gasteiger partial charge in [0.05, 0.1) is 0 Å². The molecule has 0 aromatic rings. The van der Waals surface area contributed by atoms with E-state index in [4.69, 9.17) is 0 Å². The van der Waals surface area contributed by atoms with Gasteiger partial charge >= 0.3 is 0 Å². The molecule has 0 aliphatic rings. The summed E-state index contributed by atoms with van der Waals surface area (Å²) in [7, 11) is 0. The van der Waals surface area contributed by atoms with Crippen LogP contribution in [0.25, 0.3) is 0 Å². The van der Waals surface area contributed by atoms with Crippen molar-refractivity contribution in [3.8, 4) is 0 Å². The molecule has 3 heteroatoms. The molecule has 0 aromatic heterocycles. The van der Waals surface area contributed by atoms with Crippen LogP contribution in [0.2, 0.25) is 0 Å². The SMILES string of the molecule is O.O.[CH2-]C(CC)CCCC.[Ti]. The molecule has 0 rings (SSSR count). The predicted molar refractivity (Wildman–Crippen MR) is 45.9 cm³/mol. The predicted octanol–water partition coefficient (Wildman–Crippen LogP) is 1.38. The van der Waals surface area contributed by atoms with Crippen molar-refractivity contribution in [2.45, 2.75) is 39.5 Å². The van der Waals surface area contributed by atoms with Crippen LogP contribution in [0.15, 0.2) is 0 Å². The second-order valence-electron chi connectivity index (χ2n) is 2.42. The minimum Gasteiger partial charge on any atom is -0.412 e. The largest absolute Gasteiger partial charge is 0.412 e. The standard InChI is InChI=1S/C8H17.2H2O.Ti/c1-4-6-7-8(3)5-2;;;/h8H,3-7H2,1-2H3;2*1H2;/q-1;;;. The van der Waals surface area contributed by atoms with Gasteiger partial charge in [-0.2, -0.15) is 5.92 Å². The Bertz CT molecular complexity index is 51.4. The van der Waals surface area contributed by atoms with Gasteiger partial charge in [-0.05, 0) is 0 Å². The second kappa shape index (κ2) is 16.9. The Morgan fingerprint density at radius 3 is 1.91 bits per heavy atom. The van der Waals surface area contributed by atoms with E-state index in [0.717, 1.165) is 0 Å². The fourth-order valence-corrected chi connectivity index (χ4v) is 0.697. The Hall–Kier alpha value is 0.634. The fraction of sp³-hybridized carbons (Fsp3) is 0.875. The maximum absolute atomic E-state index is 3.99. The summed E-state index contributed by atoms with van der Waals surface area (Å²) in [4.78, 5) is 0. The zero-order chi connectivity index (χ0) is 6.41. The summed E-state index contributed by atoms with van der Waals surface area (Å²) < 4.78 is 0. The maximum atomic E-state index is 3.99. The minimum atomic E-state index is 0. The van der Waals surface area contributed by atoms with Gasteiger partial charge < -0.3 is 17.9 Å². The van der Waals surface area contributed by atoms with Crippen LogP contribution in [-0.4, -0.2) is 11.0 Å².